The van der Waals surface area contributed by atoms with Crippen molar-refractivity contribution in [1.82, 2.24) is 0 Å². The van der Waals surface area contributed by atoms with E-state index in [-0.39, 0.29) is 0 Å². The van der Waals surface area contributed by atoms with Crippen LogP contribution >= 0.6 is 0 Å². The lowest BCUT2D eigenvalue weighted by atomic mass is 10.0. The van der Waals surface area contributed by atoms with E-state index in [1.54, 1.807) is 14.2 Å². The van der Waals surface area contributed by atoms with Gasteiger partial charge in [-0.3, -0.25) is 0 Å². The number of hydrogen-bond acceptors (Lipinski definition) is 4. The molecule has 2 aromatic carbocycles. The minimum atomic E-state index is -0.412. The van der Waals surface area contributed by atoms with Gasteiger partial charge in [0.25, 0.3) is 0 Å². The maximum atomic E-state index is 5.73. The first-order chi connectivity index (χ1) is 10.3. The Bertz CT molecular complexity index is 589. The molecule has 0 aliphatic heterocycles. The second kappa shape index (κ2) is 7.29. The molecule has 21 heavy (non-hydrogen) atoms. The van der Waals surface area contributed by atoms with E-state index in [4.69, 9.17) is 18.9 Å². The zero-order chi connectivity index (χ0) is 15.2. The fourth-order valence-corrected chi connectivity index (χ4v) is 2.44. The highest BCUT2D eigenvalue weighted by atomic mass is 16.7. The molecule has 4 heteroatoms. The van der Waals surface area contributed by atoms with Gasteiger partial charge >= 0.3 is 0 Å². The van der Waals surface area contributed by atoms with Crippen LogP contribution in [0.4, 0.5) is 0 Å². The average molecular weight is 290 g/mol. The second-order valence-corrected chi connectivity index (χ2v) is 4.49. The Morgan fingerprint density at radius 3 is 2.05 bits per heavy atom. The summed E-state index contributed by atoms with van der Waals surface area (Å²) >= 11 is 0. The summed E-state index contributed by atoms with van der Waals surface area (Å²) in [6, 6.07) is 9.95. The third-order valence-electron chi connectivity index (χ3n) is 3.31. The molecule has 0 amide bonds. The van der Waals surface area contributed by atoms with Crippen molar-refractivity contribution in [2.24, 2.45) is 0 Å². The lowest BCUT2D eigenvalue weighted by Crippen LogP contribution is -2.10. The molecule has 2 rings (SSSR count). The van der Waals surface area contributed by atoms with E-state index in [2.05, 4.69) is 0 Å². The minimum absolute atomic E-state index is 0.412. The van der Waals surface area contributed by atoms with Gasteiger partial charge in [0.1, 0.15) is 0 Å². The van der Waals surface area contributed by atoms with Gasteiger partial charge < -0.3 is 18.9 Å². The Morgan fingerprint density at radius 2 is 1.52 bits per heavy atom. The van der Waals surface area contributed by atoms with Crippen LogP contribution in [-0.4, -0.2) is 27.4 Å². The molecule has 0 fully saturated rings. The molecule has 0 spiro atoms. The topological polar surface area (TPSA) is 36.9 Å². The van der Waals surface area contributed by atoms with E-state index in [0.29, 0.717) is 19.0 Å². The van der Waals surface area contributed by atoms with Crippen molar-refractivity contribution in [2.45, 2.75) is 20.1 Å². The van der Waals surface area contributed by atoms with Gasteiger partial charge in [0.2, 0.25) is 0 Å². The van der Waals surface area contributed by atoms with Gasteiger partial charge in [-0.15, -0.1) is 0 Å². The Hall–Kier alpha value is -1.78. The van der Waals surface area contributed by atoms with E-state index in [9.17, 15) is 0 Å². The van der Waals surface area contributed by atoms with Gasteiger partial charge in [-0.2, -0.15) is 0 Å². The molecule has 2 aromatic rings. The Kier molecular flexibility index (Phi) is 5.42. The molecule has 0 atom stereocenters. The van der Waals surface area contributed by atoms with Gasteiger partial charge in [-0.05, 0) is 25.3 Å². The monoisotopic (exact) mass is 290 g/mol. The first-order valence-corrected chi connectivity index (χ1v) is 7.13. The smallest absolute Gasteiger partial charge is 0.184 e. The number of fused-ring (bicyclic) bond motifs is 1. The van der Waals surface area contributed by atoms with Crippen LogP contribution in [0.15, 0.2) is 30.3 Å². The Morgan fingerprint density at radius 1 is 0.905 bits per heavy atom. The summed E-state index contributed by atoms with van der Waals surface area (Å²) in [5, 5.41) is 2.03. The molecule has 4 nitrogen and oxygen atoms in total. The van der Waals surface area contributed by atoms with E-state index in [0.717, 1.165) is 22.1 Å². The van der Waals surface area contributed by atoms with Gasteiger partial charge in [0, 0.05) is 24.2 Å². The number of ether oxygens (including phenoxy) is 4. The molecule has 0 N–H and O–H groups in total. The molecule has 0 heterocycles. The summed E-state index contributed by atoms with van der Waals surface area (Å²) in [4.78, 5) is 0. The summed E-state index contributed by atoms with van der Waals surface area (Å²) in [6.07, 6.45) is -0.412. The van der Waals surface area contributed by atoms with Crippen molar-refractivity contribution in [3.63, 3.8) is 0 Å². The van der Waals surface area contributed by atoms with Crippen molar-refractivity contribution < 1.29 is 18.9 Å². The fraction of sp³-hybridized carbons (Fsp3) is 0.412. The van der Waals surface area contributed by atoms with Crippen molar-refractivity contribution in [1.29, 1.82) is 0 Å². The quantitative estimate of drug-likeness (QED) is 0.724. The minimum Gasteiger partial charge on any atom is -0.493 e. The van der Waals surface area contributed by atoms with E-state index in [1.165, 1.54) is 0 Å². The first kappa shape index (κ1) is 15.6. The third-order valence-corrected chi connectivity index (χ3v) is 3.31. The Balaban J connectivity index is 2.67. The lowest BCUT2D eigenvalue weighted by molar-refractivity contribution is -0.139. The molecule has 0 radical (unpaired) electrons. The first-order valence-electron chi connectivity index (χ1n) is 7.13. The molecular formula is C17H22O4. The van der Waals surface area contributed by atoms with Crippen LogP contribution in [-0.2, 0) is 9.47 Å². The molecule has 0 aromatic heterocycles. The van der Waals surface area contributed by atoms with Crippen molar-refractivity contribution in [3.8, 4) is 11.5 Å². The highest BCUT2D eigenvalue weighted by molar-refractivity contribution is 5.93. The van der Waals surface area contributed by atoms with Gasteiger partial charge in [0.15, 0.2) is 17.8 Å². The molecule has 114 valence electrons. The standard InChI is InChI=1S/C17H22O4/c1-5-20-17(21-6-2)14-11-15(18-3)16(19-4)13-10-8-7-9-12(13)14/h7-11,17H,5-6H2,1-4H3. The average Bonchev–Trinajstić information content (AvgIpc) is 2.53. The van der Waals surface area contributed by atoms with Crippen LogP contribution in [0.5, 0.6) is 11.5 Å². The molecule has 0 saturated heterocycles. The number of benzene rings is 2. The molecule has 0 saturated carbocycles. The zero-order valence-electron chi connectivity index (χ0n) is 13.0. The number of hydrogen-bond donors (Lipinski definition) is 0. The molecular weight excluding hydrogens is 268 g/mol. The van der Waals surface area contributed by atoms with Crippen LogP contribution in [0.3, 0.4) is 0 Å². The summed E-state index contributed by atoms with van der Waals surface area (Å²) < 4.78 is 22.4. The maximum absolute atomic E-state index is 5.73. The molecule has 0 aliphatic rings. The van der Waals surface area contributed by atoms with Gasteiger partial charge in [-0.1, -0.05) is 24.3 Å². The Labute approximate surface area is 125 Å². The zero-order valence-corrected chi connectivity index (χ0v) is 13.0. The maximum Gasteiger partial charge on any atom is 0.184 e. The highest BCUT2D eigenvalue weighted by Gasteiger charge is 2.20. The summed E-state index contributed by atoms with van der Waals surface area (Å²) in [5.41, 5.74) is 0.951. The van der Waals surface area contributed by atoms with Crippen LogP contribution in [0.1, 0.15) is 25.7 Å². The molecule has 0 bridgehead atoms. The molecule has 0 unspecified atom stereocenters. The normalized spacial score (nSPS) is 11.1. The predicted octanol–water partition coefficient (Wildman–Crippen LogP) is 3.93. The van der Waals surface area contributed by atoms with Crippen molar-refractivity contribution in [2.75, 3.05) is 27.4 Å². The number of rotatable bonds is 7. The largest absolute Gasteiger partial charge is 0.493 e. The second-order valence-electron chi connectivity index (χ2n) is 4.49. The molecule has 0 aliphatic carbocycles. The van der Waals surface area contributed by atoms with Gasteiger partial charge in [-0.25, -0.2) is 0 Å². The van der Waals surface area contributed by atoms with E-state index >= 15 is 0 Å². The fourth-order valence-electron chi connectivity index (χ4n) is 2.44. The summed E-state index contributed by atoms with van der Waals surface area (Å²) in [6.45, 7) is 5.06. The highest BCUT2D eigenvalue weighted by Crippen LogP contribution is 2.40. The van der Waals surface area contributed by atoms with Crippen molar-refractivity contribution >= 4 is 10.8 Å². The van der Waals surface area contributed by atoms with Crippen LogP contribution in [0, 0.1) is 0 Å². The van der Waals surface area contributed by atoms with Crippen LogP contribution in [0.25, 0.3) is 10.8 Å². The SMILES string of the molecule is CCOC(OCC)c1cc(OC)c(OC)c2ccccc12. The summed E-state index contributed by atoms with van der Waals surface area (Å²) in [5.74, 6) is 1.40. The lowest BCUT2D eigenvalue weighted by Gasteiger charge is -2.21. The van der Waals surface area contributed by atoms with E-state index in [1.807, 2.05) is 44.2 Å². The van der Waals surface area contributed by atoms with Gasteiger partial charge in [0.05, 0.1) is 14.2 Å². The summed E-state index contributed by atoms with van der Waals surface area (Å²) in [7, 11) is 3.28. The van der Waals surface area contributed by atoms with Crippen LogP contribution < -0.4 is 9.47 Å². The van der Waals surface area contributed by atoms with Crippen LogP contribution in [0.2, 0.25) is 0 Å². The number of methoxy groups -OCH3 is 2. The van der Waals surface area contributed by atoms with Crippen molar-refractivity contribution in [3.05, 3.63) is 35.9 Å². The van der Waals surface area contributed by atoms with E-state index < -0.39 is 6.29 Å². The predicted molar refractivity (Wildman–Crippen MR) is 83.0 cm³/mol. The third kappa shape index (κ3) is 3.12.